The number of rotatable bonds is 4. The van der Waals surface area contributed by atoms with Gasteiger partial charge in [-0.3, -0.25) is 4.79 Å². The van der Waals surface area contributed by atoms with Crippen LogP contribution in [-0.4, -0.2) is 36.7 Å². The maximum Gasteiger partial charge on any atom is 0.254 e. The van der Waals surface area contributed by atoms with Gasteiger partial charge in [-0.2, -0.15) is 0 Å². The van der Waals surface area contributed by atoms with Gasteiger partial charge >= 0.3 is 0 Å². The highest BCUT2D eigenvalue weighted by Gasteiger charge is 2.21. The molecule has 0 saturated carbocycles. The van der Waals surface area contributed by atoms with Crippen LogP contribution in [-0.2, 0) is 9.53 Å². The van der Waals surface area contributed by atoms with Crippen molar-refractivity contribution >= 4 is 11.6 Å². The van der Waals surface area contributed by atoms with Crippen molar-refractivity contribution in [1.82, 2.24) is 10.3 Å². The Labute approximate surface area is 141 Å². The molecule has 126 valence electrons. The fraction of sp³-hybridized carbons (Fsp3) is 0.333. The van der Waals surface area contributed by atoms with E-state index < -0.39 is 6.10 Å². The predicted octanol–water partition coefficient (Wildman–Crippen LogP) is 2.42. The van der Waals surface area contributed by atoms with Gasteiger partial charge in [-0.05, 0) is 37.1 Å². The monoisotopic (exact) mass is 327 g/mol. The molecule has 24 heavy (non-hydrogen) atoms. The minimum atomic E-state index is -0.468. The number of aromatic nitrogens is 1. The summed E-state index contributed by atoms with van der Waals surface area (Å²) in [7, 11) is 0. The minimum Gasteiger partial charge on any atom is -0.439 e. The number of morpholine rings is 1. The Bertz CT molecular complexity index is 710. The van der Waals surface area contributed by atoms with E-state index in [4.69, 9.17) is 9.47 Å². The van der Waals surface area contributed by atoms with Gasteiger partial charge in [0.15, 0.2) is 0 Å². The first kappa shape index (κ1) is 16.4. The molecule has 6 heteroatoms. The second-order valence-corrected chi connectivity index (χ2v) is 5.74. The molecule has 1 saturated heterocycles. The summed E-state index contributed by atoms with van der Waals surface area (Å²) in [6.07, 6.45) is 1.11. The van der Waals surface area contributed by atoms with Gasteiger partial charge in [0.25, 0.3) is 5.91 Å². The molecule has 1 atom stereocenters. The number of anilines is 1. The lowest BCUT2D eigenvalue weighted by atomic mass is 10.1. The van der Waals surface area contributed by atoms with E-state index in [1.54, 1.807) is 18.3 Å². The maximum atomic E-state index is 12.1. The van der Waals surface area contributed by atoms with Crippen LogP contribution in [0.15, 0.2) is 36.5 Å². The average molecular weight is 327 g/mol. The molecule has 1 aromatic heterocycles. The molecule has 2 N–H and O–H groups in total. The Kier molecular flexibility index (Phi) is 5.08. The number of hydrogen-bond acceptors (Lipinski definition) is 5. The molecule has 6 nitrogen and oxygen atoms in total. The summed E-state index contributed by atoms with van der Waals surface area (Å²) >= 11 is 0. The zero-order valence-corrected chi connectivity index (χ0v) is 13.8. The summed E-state index contributed by atoms with van der Waals surface area (Å²) in [5, 5.41) is 5.93. The number of hydrogen-bond donors (Lipinski definition) is 2. The van der Waals surface area contributed by atoms with Crippen LogP contribution in [0.3, 0.4) is 0 Å². The summed E-state index contributed by atoms with van der Waals surface area (Å²) in [5.74, 6) is 1.09. The third-order valence-corrected chi connectivity index (χ3v) is 3.99. The van der Waals surface area contributed by atoms with Gasteiger partial charge in [0.1, 0.15) is 11.9 Å². The van der Waals surface area contributed by atoms with Gasteiger partial charge < -0.3 is 20.1 Å². The van der Waals surface area contributed by atoms with E-state index in [0.29, 0.717) is 24.7 Å². The molecular formula is C18H21N3O3. The zero-order chi connectivity index (χ0) is 16.9. The molecule has 3 rings (SSSR count). The highest BCUT2D eigenvalue weighted by Crippen LogP contribution is 2.26. The number of ether oxygens (including phenoxy) is 2. The fourth-order valence-electron chi connectivity index (χ4n) is 2.42. The first-order valence-electron chi connectivity index (χ1n) is 7.97. The Morgan fingerprint density at radius 1 is 1.33 bits per heavy atom. The number of nitrogens with one attached hydrogen (secondary N) is 2. The van der Waals surface area contributed by atoms with E-state index in [0.717, 1.165) is 23.4 Å². The molecule has 1 aromatic carbocycles. The van der Waals surface area contributed by atoms with E-state index in [-0.39, 0.29) is 5.91 Å². The lowest BCUT2D eigenvalue weighted by molar-refractivity contribution is -0.128. The van der Waals surface area contributed by atoms with Gasteiger partial charge in [-0.15, -0.1) is 0 Å². The van der Waals surface area contributed by atoms with Gasteiger partial charge in [0.2, 0.25) is 5.88 Å². The molecule has 0 bridgehead atoms. The van der Waals surface area contributed by atoms with E-state index >= 15 is 0 Å². The molecule has 0 radical (unpaired) electrons. The molecule has 0 spiro atoms. The Morgan fingerprint density at radius 2 is 2.21 bits per heavy atom. The molecular weight excluding hydrogens is 306 g/mol. The van der Waals surface area contributed by atoms with Crippen LogP contribution in [0.5, 0.6) is 11.6 Å². The normalized spacial score (nSPS) is 17.3. The van der Waals surface area contributed by atoms with Crippen molar-refractivity contribution in [2.45, 2.75) is 20.0 Å². The smallest absolute Gasteiger partial charge is 0.254 e. The lowest BCUT2D eigenvalue weighted by Crippen LogP contribution is -2.45. The molecule has 2 heterocycles. The summed E-state index contributed by atoms with van der Waals surface area (Å²) in [6, 6.07) is 9.40. The third kappa shape index (κ3) is 3.90. The van der Waals surface area contributed by atoms with Crippen LogP contribution in [0.1, 0.15) is 11.1 Å². The summed E-state index contributed by atoms with van der Waals surface area (Å²) in [6.45, 7) is 5.88. The highest BCUT2D eigenvalue weighted by atomic mass is 16.5. The van der Waals surface area contributed by atoms with Gasteiger partial charge in [-0.25, -0.2) is 4.98 Å². The number of benzene rings is 1. The SMILES string of the molecule is Cc1cccc(Oc2ccc(NC(=O)C3CNCCO3)cn2)c1C. The van der Waals surface area contributed by atoms with Crippen molar-refractivity contribution in [3.8, 4) is 11.6 Å². The van der Waals surface area contributed by atoms with E-state index in [1.807, 2.05) is 32.0 Å². The number of pyridine rings is 1. The van der Waals surface area contributed by atoms with E-state index in [2.05, 4.69) is 15.6 Å². The van der Waals surface area contributed by atoms with Crippen molar-refractivity contribution in [1.29, 1.82) is 0 Å². The van der Waals surface area contributed by atoms with Crippen molar-refractivity contribution in [3.63, 3.8) is 0 Å². The number of carbonyl (C=O) groups excluding carboxylic acids is 1. The molecule has 1 aliphatic heterocycles. The van der Waals surface area contributed by atoms with Crippen LogP contribution in [0.25, 0.3) is 0 Å². The van der Waals surface area contributed by atoms with Gasteiger partial charge in [0.05, 0.1) is 18.5 Å². The third-order valence-electron chi connectivity index (χ3n) is 3.99. The standard InChI is InChI=1S/C18H21N3O3/c1-12-4-3-5-15(13(12)2)24-17-7-6-14(10-20-17)21-18(22)16-11-19-8-9-23-16/h3-7,10,16,19H,8-9,11H2,1-2H3,(H,21,22). The van der Waals surface area contributed by atoms with Crippen LogP contribution in [0, 0.1) is 13.8 Å². The van der Waals surface area contributed by atoms with Gasteiger partial charge in [-0.1, -0.05) is 12.1 Å². The van der Waals surface area contributed by atoms with Crippen molar-refractivity contribution in [3.05, 3.63) is 47.7 Å². The van der Waals surface area contributed by atoms with Gasteiger partial charge in [0, 0.05) is 19.2 Å². The Hall–Kier alpha value is -2.44. The molecule has 0 aliphatic carbocycles. The number of nitrogens with zero attached hydrogens (tertiary/aromatic N) is 1. The lowest BCUT2D eigenvalue weighted by Gasteiger charge is -2.22. The summed E-state index contributed by atoms with van der Waals surface area (Å²) < 4.78 is 11.2. The largest absolute Gasteiger partial charge is 0.439 e. The van der Waals surface area contributed by atoms with Crippen LogP contribution in [0.2, 0.25) is 0 Å². The second-order valence-electron chi connectivity index (χ2n) is 5.74. The molecule has 1 amide bonds. The molecule has 2 aromatic rings. The number of amides is 1. The van der Waals surface area contributed by atoms with Crippen LogP contribution in [0.4, 0.5) is 5.69 Å². The molecule has 1 aliphatic rings. The van der Waals surface area contributed by atoms with Crippen LogP contribution < -0.4 is 15.4 Å². The average Bonchev–Trinajstić information content (AvgIpc) is 2.61. The predicted molar refractivity (Wildman–Crippen MR) is 91.5 cm³/mol. The second kappa shape index (κ2) is 7.42. The summed E-state index contributed by atoms with van der Waals surface area (Å²) in [4.78, 5) is 16.3. The quantitative estimate of drug-likeness (QED) is 0.902. The Morgan fingerprint density at radius 3 is 2.92 bits per heavy atom. The topological polar surface area (TPSA) is 72.5 Å². The van der Waals surface area contributed by atoms with E-state index in [1.165, 1.54) is 0 Å². The van der Waals surface area contributed by atoms with Crippen LogP contribution >= 0.6 is 0 Å². The maximum absolute atomic E-state index is 12.1. The van der Waals surface area contributed by atoms with Crippen molar-refractivity contribution in [2.75, 3.05) is 25.0 Å². The van der Waals surface area contributed by atoms with Crippen molar-refractivity contribution in [2.24, 2.45) is 0 Å². The highest BCUT2D eigenvalue weighted by molar-refractivity contribution is 5.94. The minimum absolute atomic E-state index is 0.174. The fourth-order valence-corrected chi connectivity index (χ4v) is 2.42. The Balaban J connectivity index is 1.62. The first-order chi connectivity index (χ1) is 11.6. The zero-order valence-electron chi connectivity index (χ0n) is 13.8. The number of aryl methyl sites for hydroxylation is 1. The van der Waals surface area contributed by atoms with E-state index in [9.17, 15) is 4.79 Å². The number of carbonyl (C=O) groups is 1. The molecule has 1 fully saturated rings. The first-order valence-corrected chi connectivity index (χ1v) is 7.97. The molecule has 1 unspecified atom stereocenters. The van der Waals surface area contributed by atoms with Crippen molar-refractivity contribution < 1.29 is 14.3 Å². The summed E-state index contributed by atoms with van der Waals surface area (Å²) in [5.41, 5.74) is 2.86.